The number of aromatic nitrogens is 2. The standard InChI is InChI=1S/C24H24N4O3/c1-25-23(30)24(15-18-6-4-7-19(14-18)20-8-5-10-26-16-20)17-28(12-13-31-24)22(29)21-9-2-3-11-27-21/h2-11,14,16H,12-13,15,17H2,1H3,(H,25,30)/t24-/m0/s1. The Hall–Kier alpha value is -3.58. The average molecular weight is 416 g/mol. The number of morpholine rings is 1. The second-order valence-electron chi connectivity index (χ2n) is 7.48. The Bertz CT molecular complexity index is 1060. The third kappa shape index (κ3) is 4.46. The predicted octanol–water partition coefficient (Wildman–Crippen LogP) is 2.34. The maximum atomic E-state index is 13.0. The number of rotatable bonds is 5. The van der Waals surface area contributed by atoms with Crippen LogP contribution >= 0.6 is 0 Å². The first kappa shape index (κ1) is 20.7. The Morgan fingerprint density at radius 1 is 1.10 bits per heavy atom. The Morgan fingerprint density at radius 3 is 2.71 bits per heavy atom. The van der Waals surface area contributed by atoms with Crippen molar-refractivity contribution in [1.82, 2.24) is 20.2 Å². The highest BCUT2D eigenvalue weighted by Gasteiger charge is 2.45. The quantitative estimate of drug-likeness (QED) is 0.690. The summed E-state index contributed by atoms with van der Waals surface area (Å²) in [5.41, 5.74) is 2.13. The molecule has 1 atom stereocenters. The van der Waals surface area contributed by atoms with E-state index in [1.165, 1.54) is 0 Å². The molecule has 1 saturated heterocycles. The van der Waals surface area contributed by atoms with Crippen molar-refractivity contribution in [3.8, 4) is 11.1 Å². The smallest absolute Gasteiger partial charge is 0.272 e. The number of amides is 2. The lowest BCUT2D eigenvalue weighted by Crippen LogP contribution is -2.61. The van der Waals surface area contributed by atoms with E-state index in [2.05, 4.69) is 15.3 Å². The number of likely N-dealkylation sites (N-methyl/N-ethyl adjacent to an activating group) is 1. The van der Waals surface area contributed by atoms with Crippen LogP contribution in [0.2, 0.25) is 0 Å². The summed E-state index contributed by atoms with van der Waals surface area (Å²) in [5, 5.41) is 2.71. The molecule has 158 valence electrons. The van der Waals surface area contributed by atoms with E-state index in [-0.39, 0.29) is 25.0 Å². The van der Waals surface area contributed by atoms with Gasteiger partial charge in [-0.2, -0.15) is 0 Å². The van der Waals surface area contributed by atoms with Crippen LogP contribution in [-0.2, 0) is 16.0 Å². The molecule has 3 aromatic rings. The van der Waals surface area contributed by atoms with E-state index in [9.17, 15) is 9.59 Å². The Morgan fingerprint density at radius 2 is 1.97 bits per heavy atom. The second-order valence-corrected chi connectivity index (χ2v) is 7.48. The van der Waals surface area contributed by atoms with Crippen LogP contribution in [0.3, 0.4) is 0 Å². The van der Waals surface area contributed by atoms with Crippen molar-refractivity contribution in [2.75, 3.05) is 26.7 Å². The van der Waals surface area contributed by atoms with Crippen LogP contribution in [-0.4, -0.2) is 59.0 Å². The summed E-state index contributed by atoms with van der Waals surface area (Å²) in [5.74, 6) is -0.459. The van der Waals surface area contributed by atoms with Gasteiger partial charge in [0.1, 0.15) is 5.69 Å². The second kappa shape index (κ2) is 9.06. The van der Waals surface area contributed by atoms with Gasteiger partial charge in [0.15, 0.2) is 5.60 Å². The molecule has 0 saturated carbocycles. The number of nitrogens with zero attached hydrogens (tertiary/aromatic N) is 3. The third-order valence-electron chi connectivity index (χ3n) is 5.41. The Labute approximate surface area is 181 Å². The number of hydrogen-bond acceptors (Lipinski definition) is 5. The molecule has 2 aromatic heterocycles. The summed E-state index contributed by atoms with van der Waals surface area (Å²) >= 11 is 0. The van der Waals surface area contributed by atoms with Crippen molar-refractivity contribution in [3.63, 3.8) is 0 Å². The first-order chi connectivity index (χ1) is 15.1. The number of carbonyl (C=O) groups is 2. The topological polar surface area (TPSA) is 84.4 Å². The molecule has 1 aliphatic heterocycles. The van der Waals surface area contributed by atoms with Gasteiger partial charge in [-0.1, -0.05) is 36.4 Å². The van der Waals surface area contributed by atoms with Crippen molar-refractivity contribution >= 4 is 11.8 Å². The van der Waals surface area contributed by atoms with E-state index < -0.39 is 5.60 Å². The Kier molecular flexibility index (Phi) is 6.04. The van der Waals surface area contributed by atoms with E-state index in [4.69, 9.17) is 4.74 Å². The van der Waals surface area contributed by atoms with Crippen molar-refractivity contribution in [3.05, 3.63) is 84.4 Å². The van der Waals surface area contributed by atoms with E-state index in [0.717, 1.165) is 16.7 Å². The number of benzene rings is 1. The summed E-state index contributed by atoms with van der Waals surface area (Å²) in [6.07, 6.45) is 5.46. The fourth-order valence-corrected chi connectivity index (χ4v) is 3.89. The summed E-state index contributed by atoms with van der Waals surface area (Å²) in [7, 11) is 1.58. The largest absolute Gasteiger partial charge is 0.361 e. The molecule has 3 heterocycles. The Balaban J connectivity index is 1.61. The monoisotopic (exact) mass is 416 g/mol. The van der Waals surface area contributed by atoms with Crippen LogP contribution in [0.25, 0.3) is 11.1 Å². The number of nitrogens with one attached hydrogen (secondary N) is 1. The minimum atomic E-state index is -1.18. The molecule has 31 heavy (non-hydrogen) atoms. The molecular weight excluding hydrogens is 392 g/mol. The van der Waals surface area contributed by atoms with Crippen LogP contribution in [0.1, 0.15) is 16.1 Å². The lowest BCUT2D eigenvalue weighted by atomic mass is 9.90. The van der Waals surface area contributed by atoms with Crippen molar-refractivity contribution < 1.29 is 14.3 Å². The molecule has 1 aromatic carbocycles. The fraction of sp³-hybridized carbons (Fsp3) is 0.250. The van der Waals surface area contributed by atoms with Crippen LogP contribution in [0, 0.1) is 0 Å². The molecule has 0 spiro atoms. The van der Waals surface area contributed by atoms with E-state index >= 15 is 0 Å². The average Bonchev–Trinajstić information content (AvgIpc) is 2.84. The molecule has 0 aliphatic carbocycles. The molecule has 0 radical (unpaired) electrons. The summed E-state index contributed by atoms with van der Waals surface area (Å²) < 4.78 is 6.05. The van der Waals surface area contributed by atoms with E-state index in [0.29, 0.717) is 18.7 Å². The first-order valence-corrected chi connectivity index (χ1v) is 10.2. The van der Waals surface area contributed by atoms with Crippen molar-refractivity contribution in [2.45, 2.75) is 12.0 Å². The molecular formula is C24H24N4O3. The lowest BCUT2D eigenvalue weighted by Gasteiger charge is -2.41. The minimum absolute atomic E-state index is 0.152. The van der Waals surface area contributed by atoms with Crippen molar-refractivity contribution in [1.29, 1.82) is 0 Å². The third-order valence-corrected chi connectivity index (χ3v) is 5.41. The van der Waals surface area contributed by atoms with Gasteiger partial charge in [-0.25, -0.2) is 0 Å². The summed E-state index contributed by atoms with van der Waals surface area (Å²) in [6, 6.07) is 17.1. The van der Waals surface area contributed by atoms with Gasteiger partial charge in [0.2, 0.25) is 0 Å². The number of carbonyl (C=O) groups excluding carboxylic acids is 2. The highest BCUT2D eigenvalue weighted by Crippen LogP contribution is 2.27. The first-order valence-electron chi connectivity index (χ1n) is 10.2. The molecule has 1 fully saturated rings. The lowest BCUT2D eigenvalue weighted by molar-refractivity contribution is -0.156. The molecule has 1 aliphatic rings. The van der Waals surface area contributed by atoms with Crippen LogP contribution < -0.4 is 5.32 Å². The fourth-order valence-electron chi connectivity index (χ4n) is 3.89. The highest BCUT2D eigenvalue weighted by molar-refractivity contribution is 5.93. The minimum Gasteiger partial charge on any atom is -0.361 e. The SMILES string of the molecule is CNC(=O)[C@]1(Cc2cccc(-c3cccnc3)c2)CN(C(=O)c2ccccn2)CCO1. The molecule has 4 rings (SSSR count). The molecule has 0 unspecified atom stereocenters. The summed E-state index contributed by atoms with van der Waals surface area (Å²) in [6.45, 7) is 0.831. The number of ether oxygens (including phenoxy) is 1. The van der Waals surface area contributed by atoms with Crippen molar-refractivity contribution in [2.24, 2.45) is 0 Å². The molecule has 0 bridgehead atoms. The van der Waals surface area contributed by atoms with Crippen LogP contribution in [0.5, 0.6) is 0 Å². The summed E-state index contributed by atoms with van der Waals surface area (Å²) in [4.78, 5) is 35.9. The van der Waals surface area contributed by atoms with Gasteiger partial charge in [-0.05, 0) is 34.9 Å². The molecule has 1 N–H and O–H groups in total. The highest BCUT2D eigenvalue weighted by atomic mass is 16.5. The molecule has 2 amide bonds. The number of pyridine rings is 2. The van der Waals surface area contributed by atoms with E-state index in [1.807, 2.05) is 36.4 Å². The zero-order chi connectivity index (χ0) is 21.7. The van der Waals surface area contributed by atoms with Gasteiger partial charge in [0.25, 0.3) is 11.8 Å². The van der Waals surface area contributed by atoms with Gasteiger partial charge < -0.3 is 15.0 Å². The maximum absolute atomic E-state index is 13.0. The zero-order valence-electron chi connectivity index (χ0n) is 17.3. The van der Waals surface area contributed by atoms with Gasteiger partial charge in [0.05, 0.1) is 13.2 Å². The predicted molar refractivity (Wildman–Crippen MR) is 116 cm³/mol. The van der Waals surface area contributed by atoms with Crippen LogP contribution in [0.4, 0.5) is 0 Å². The van der Waals surface area contributed by atoms with E-state index in [1.54, 1.807) is 48.7 Å². The zero-order valence-corrected chi connectivity index (χ0v) is 17.3. The van der Waals surface area contributed by atoms with Gasteiger partial charge >= 0.3 is 0 Å². The molecule has 7 heteroatoms. The van der Waals surface area contributed by atoms with Gasteiger partial charge in [-0.3, -0.25) is 19.6 Å². The van der Waals surface area contributed by atoms with Gasteiger partial charge in [0, 0.05) is 38.6 Å². The normalized spacial score (nSPS) is 18.4. The van der Waals surface area contributed by atoms with Crippen LogP contribution in [0.15, 0.2) is 73.2 Å². The number of hydrogen-bond donors (Lipinski definition) is 1. The maximum Gasteiger partial charge on any atom is 0.272 e. The molecule has 7 nitrogen and oxygen atoms in total. The van der Waals surface area contributed by atoms with Gasteiger partial charge in [-0.15, -0.1) is 0 Å².